The van der Waals surface area contributed by atoms with Crippen LogP contribution in [0.4, 0.5) is 13.2 Å². The lowest BCUT2D eigenvalue weighted by molar-refractivity contribution is -0.127. The van der Waals surface area contributed by atoms with E-state index in [9.17, 15) is 23.1 Å². The second-order valence-electron chi connectivity index (χ2n) is 8.77. The predicted molar refractivity (Wildman–Crippen MR) is 123 cm³/mol. The first-order chi connectivity index (χ1) is 16.2. The molecule has 2 aromatic carbocycles. The van der Waals surface area contributed by atoms with Gasteiger partial charge >= 0.3 is 12.1 Å². The van der Waals surface area contributed by atoms with E-state index in [0.29, 0.717) is 25.9 Å². The van der Waals surface area contributed by atoms with Crippen molar-refractivity contribution in [3.8, 4) is 5.75 Å². The summed E-state index contributed by atoms with van der Waals surface area (Å²) in [4.78, 5) is 16.8. The molecule has 6 nitrogen and oxygen atoms in total. The molecule has 0 spiro atoms. The molecule has 1 aliphatic heterocycles. The Morgan fingerprint density at radius 1 is 1.26 bits per heavy atom. The molecule has 3 aromatic rings. The van der Waals surface area contributed by atoms with Crippen LogP contribution in [0.25, 0.3) is 10.9 Å². The predicted octanol–water partition coefficient (Wildman–Crippen LogP) is 5.04. The Morgan fingerprint density at radius 2 is 2.00 bits per heavy atom. The monoisotopic (exact) mass is 475 g/mol. The van der Waals surface area contributed by atoms with Crippen LogP contribution in [0.2, 0.25) is 0 Å². The average molecular weight is 476 g/mol. The Labute approximate surface area is 195 Å². The summed E-state index contributed by atoms with van der Waals surface area (Å²) in [5.41, 5.74) is 4.15. The molecule has 2 atom stereocenters. The van der Waals surface area contributed by atoms with Crippen LogP contribution in [0, 0.1) is 6.92 Å². The molecule has 2 unspecified atom stereocenters. The van der Waals surface area contributed by atoms with Gasteiger partial charge in [0.15, 0.2) is 0 Å². The topological polar surface area (TPSA) is 77.6 Å². The molecular formula is C25H28F3N3O3. The van der Waals surface area contributed by atoms with E-state index in [2.05, 4.69) is 15.2 Å². The smallest absolute Gasteiger partial charge is 0.401 e. The Kier molecular flexibility index (Phi) is 6.86. The fourth-order valence-electron chi connectivity index (χ4n) is 4.83. The van der Waals surface area contributed by atoms with E-state index in [-0.39, 0.29) is 17.6 Å². The van der Waals surface area contributed by atoms with Gasteiger partial charge in [-0.25, -0.2) is 4.79 Å². The number of aromatic carboxylic acids is 1. The summed E-state index contributed by atoms with van der Waals surface area (Å²) in [5, 5.41) is 12.9. The summed E-state index contributed by atoms with van der Waals surface area (Å²) < 4.78 is 44.1. The number of alkyl halides is 3. The van der Waals surface area contributed by atoms with Crippen molar-refractivity contribution in [1.82, 2.24) is 15.2 Å². The molecular weight excluding hydrogens is 447 g/mol. The molecule has 0 saturated carbocycles. The molecule has 0 amide bonds. The minimum atomic E-state index is -4.27. The number of fused-ring (bicyclic) bond motifs is 1. The number of nitrogens with one attached hydrogen (secondary N) is 2. The van der Waals surface area contributed by atoms with Crippen LogP contribution >= 0.6 is 0 Å². The van der Waals surface area contributed by atoms with Gasteiger partial charge in [0, 0.05) is 47.8 Å². The van der Waals surface area contributed by atoms with Crippen molar-refractivity contribution >= 4 is 16.9 Å². The molecule has 34 heavy (non-hydrogen) atoms. The summed E-state index contributed by atoms with van der Waals surface area (Å²) in [5.74, 6) is -0.252. The van der Waals surface area contributed by atoms with Crippen LogP contribution in [0.5, 0.6) is 5.75 Å². The minimum absolute atomic E-state index is 0.173. The van der Waals surface area contributed by atoms with Crippen molar-refractivity contribution in [2.75, 3.05) is 20.2 Å². The molecule has 4 rings (SSSR count). The molecule has 1 aromatic heterocycles. The molecule has 0 bridgehead atoms. The zero-order valence-electron chi connectivity index (χ0n) is 19.1. The number of aromatic nitrogens is 1. The zero-order valence-corrected chi connectivity index (χ0v) is 19.1. The van der Waals surface area contributed by atoms with Gasteiger partial charge in [0.2, 0.25) is 0 Å². The van der Waals surface area contributed by atoms with Crippen LogP contribution in [-0.2, 0) is 6.54 Å². The third-order valence-electron chi connectivity index (χ3n) is 6.54. The Morgan fingerprint density at radius 3 is 2.65 bits per heavy atom. The molecule has 0 aliphatic carbocycles. The number of hydrogen-bond donors (Lipinski definition) is 3. The van der Waals surface area contributed by atoms with E-state index in [4.69, 9.17) is 4.74 Å². The summed E-state index contributed by atoms with van der Waals surface area (Å²) in [7, 11) is 1.63. The SMILES string of the molecule is COc1cc(C)c2[nH]ccc2c1CN1CCC(NCC(F)(F)F)CC1c1ccc(C(=O)O)cc1. The van der Waals surface area contributed by atoms with Crippen molar-refractivity contribution in [1.29, 1.82) is 0 Å². The van der Waals surface area contributed by atoms with E-state index in [1.54, 1.807) is 31.4 Å². The first-order valence-corrected chi connectivity index (χ1v) is 11.2. The first kappa shape index (κ1) is 24.1. The highest BCUT2D eigenvalue weighted by Gasteiger charge is 2.34. The van der Waals surface area contributed by atoms with Crippen LogP contribution in [-0.4, -0.2) is 53.4 Å². The molecule has 1 aliphatic rings. The Hall–Kier alpha value is -3.04. The van der Waals surface area contributed by atoms with E-state index in [1.807, 2.05) is 25.3 Å². The molecule has 9 heteroatoms. The van der Waals surface area contributed by atoms with Crippen LogP contribution < -0.4 is 10.1 Å². The van der Waals surface area contributed by atoms with Gasteiger partial charge in [-0.3, -0.25) is 4.90 Å². The van der Waals surface area contributed by atoms with E-state index < -0.39 is 18.7 Å². The summed E-state index contributed by atoms with van der Waals surface area (Å²) in [6, 6.07) is 10.1. The van der Waals surface area contributed by atoms with E-state index in [1.165, 1.54) is 0 Å². The molecule has 182 valence electrons. The number of ether oxygens (including phenoxy) is 1. The third-order valence-corrected chi connectivity index (χ3v) is 6.54. The number of halogens is 3. The quantitative estimate of drug-likeness (QED) is 0.446. The van der Waals surface area contributed by atoms with Crippen molar-refractivity contribution in [3.05, 3.63) is 64.8 Å². The largest absolute Gasteiger partial charge is 0.496 e. The van der Waals surface area contributed by atoms with Crippen LogP contribution in [0.1, 0.15) is 45.9 Å². The van der Waals surface area contributed by atoms with Crippen molar-refractivity contribution in [2.45, 2.75) is 44.6 Å². The number of carboxylic acids is 1. The number of piperidine rings is 1. The lowest BCUT2D eigenvalue weighted by Gasteiger charge is -2.40. The molecule has 1 fully saturated rings. The van der Waals surface area contributed by atoms with Gasteiger partial charge in [-0.05, 0) is 55.2 Å². The lowest BCUT2D eigenvalue weighted by Crippen LogP contribution is -2.46. The highest BCUT2D eigenvalue weighted by atomic mass is 19.4. The van der Waals surface area contributed by atoms with Crippen molar-refractivity contribution in [3.63, 3.8) is 0 Å². The average Bonchev–Trinajstić information content (AvgIpc) is 3.30. The number of nitrogens with zero attached hydrogens (tertiary/aromatic N) is 1. The first-order valence-electron chi connectivity index (χ1n) is 11.2. The molecule has 3 N–H and O–H groups in total. The van der Waals surface area contributed by atoms with Gasteiger partial charge in [0.05, 0.1) is 19.2 Å². The van der Waals surface area contributed by atoms with E-state index >= 15 is 0 Å². The maximum Gasteiger partial charge on any atom is 0.401 e. The third kappa shape index (κ3) is 5.20. The second kappa shape index (κ2) is 9.68. The lowest BCUT2D eigenvalue weighted by atomic mass is 9.90. The number of aromatic amines is 1. The number of benzene rings is 2. The number of H-pyrrole nitrogens is 1. The van der Waals surface area contributed by atoms with Crippen LogP contribution in [0.15, 0.2) is 42.6 Å². The number of likely N-dealkylation sites (tertiary alicyclic amines) is 1. The fourth-order valence-corrected chi connectivity index (χ4v) is 4.83. The number of methoxy groups -OCH3 is 1. The molecule has 1 saturated heterocycles. The van der Waals surface area contributed by atoms with Crippen molar-refractivity contribution in [2.24, 2.45) is 0 Å². The normalized spacial score (nSPS) is 19.4. The highest BCUT2D eigenvalue weighted by Crippen LogP contribution is 2.37. The number of aryl methyl sites for hydroxylation is 1. The Balaban J connectivity index is 1.65. The number of carboxylic acid groups (broad SMARTS) is 1. The fraction of sp³-hybridized carbons (Fsp3) is 0.400. The maximum atomic E-state index is 12.8. The van der Waals surface area contributed by atoms with Gasteiger partial charge in [-0.1, -0.05) is 12.1 Å². The summed E-state index contributed by atoms with van der Waals surface area (Å²) in [6.45, 7) is 2.12. The standard InChI is InChI=1S/C25H28F3N3O3/c1-15-11-22(34-2)20(19-7-9-29-23(15)19)13-31-10-8-18(30-14-25(26,27)28)12-21(31)16-3-5-17(6-4-16)24(32)33/h3-7,9,11,18,21,29-30H,8,10,12-14H2,1-2H3,(H,32,33). The van der Waals surface area contributed by atoms with Gasteiger partial charge in [-0.2, -0.15) is 13.2 Å². The van der Waals surface area contributed by atoms with Gasteiger partial charge < -0.3 is 20.1 Å². The summed E-state index contributed by atoms with van der Waals surface area (Å²) >= 11 is 0. The van der Waals surface area contributed by atoms with Crippen LogP contribution in [0.3, 0.4) is 0 Å². The highest BCUT2D eigenvalue weighted by molar-refractivity contribution is 5.88. The van der Waals surface area contributed by atoms with E-state index in [0.717, 1.165) is 33.3 Å². The van der Waals surface area contributed by atoms with Gasteiger partial charge in [-0.15, -0.1) is 0 Å². The molecule has 2 heterocycles. The van der Waals surface area contributed by atoms with Crippen molar-refractivity contribution < 1.29 is 27.8 Å². The zero-order chi connectivity index (χ0) is 24.5. The molecule has 0 radical (unpaired) electrons. The number of carbonyl (C=O) groups is 1. The summed E-state index contributed by atoms with van der Waals surface area (Å²) in [6.07, 6.45) is -1.34. The maximum absolute atomic E-state index is 12.8. The number of hydrogen-bond acceptors (Lipinski definition) is 4. The Bertz CT molecular complexity index is 1160. The minimum Gasteiger partial charge on any atom is -0.496 e. The van der Waals surface area contributed by atoms with Gasteiger partial charge in [0.1, 0.15) is 5.75 Å². The second-order valence-corrected chi connectivity index (χ2v) is 8.77. The number of rotatable bonds is 7. The van der Waals surface area contributed by atoms with Gasteiger partial charge in [0.25, 0.3) is 0 Å².